The molecule has 2 aliphatic heterocycles. The van der Waals surface area contributed by atoms with Crippen LogP contribution in [-0.4, -0.2) is 51.4 Å². The quantitative estimate of drug-likeness (QED) is 0.303. The zero-order chi connectivity index (χ0) is 27.9. The van der Waals surface area contributed by atoms with E-state index in [0.717, 1.165) is 12.8 Å². The van der Waals surface area contributed by atoms with E-state index in [9.17, 15) is 9.18 Å². The Balaban J connectivity index is 1.42. The predicted molar refractivity (Wildman–Crippen MR) is 149 cm³/mol. The normalized spacial score (nSPS) is 20.7. The molecule has 39 heavy (non-hydrogen) atoms. The number of rotatable bonds is 6. The molecule has 2 fully saturated rings. The second kappa shape index (κ2) is 10.8. The molecule has 0 aliphatic carbocycles. The molecule has 0 radical (unpaired) electrons. The van der Waals surface area contributed by atoms with Crippen molar-refractivity contribution in [3.63, 3.8) is 0 Å². The highest BCUT2D eigenvalue weighted by molar-refractivity contribution is 6.42. The number of nitrogens with zero attached hydrogens (tertiary/aromatic N) is 3. The number of carbonyl (C=O) groups is 1. The first-order chi connectivity index (χ1) is 18.5. The summed E-state index contributed by atoms with van der Waals surface area (Å²) in [4.78, 5) is 23.4. The lowest BCUT2D eigenvalue weighted by Gasteiger charge is -2.39. The molecular weight excluding hydrogens is 546 g/mol. The van der Waals surface area contributed by atoms with Crippen LogP contribution in [0.25, 0.3) is 10.9 Å². The fourth-order valence-corrected chi connectivity index (χ4v) is 5.60. The predicted octanol–water partition coefficient (Wildman–Crippen LogP) is 7.53. The molecule has 0 spiro atoms. The van der Waals surface area contributed by atoms with E-state index in [1.165, 1.54) is 18.5 Å². The van der Waals surface area contributed by atoms with Gasteiger partial charge in [-0.3, -0.25) is 0 Å². The Morgan fingerprint density at radius 3 is 2.51 bits per heavy atom. The van der Waals surface area contributed by atoms with E-state index in [1.807, 2.05) is 32.6 Å². The van der Waals surface area contributed by atoms with Gasteiger partial charge in [0.1, 0.15) is 23.9 Å². The van der Waals surface area contributed by atoms with Gasteiger partial charge in [0.2, 0.25) is 0 Å². The molecule has 1 aromatic heterocycles. The summed E-state index contributed by atoms with van der Waals surface area (Å²) >= 11 is 11.9. The van der Waals surface area contributed by atoms with Gasteiger partial charge in [0.05, 0.1) is 27.9 Å². The minimum Gasteiger partial charge on any atom is -0.490 e. The molecule has 2 saturated heterocycles. The molecule has 11 heteroatoms. The van der Waals surface area contributed by atoms with Crippen molar-refractivity contribution in [2.75, 3.05) is 11.9 Å². The first-order valence-corrected chi connectivity index (χ1v) is 13.8. The summed E-state index contributed by atoms with van der Waals surface area (Å²) in [5.41, 5.74) is 0.186. The Kier molecular flexibility index (Phi) is 7.66. The number of aromatic nitrogens is 2. The lowest BCUT2D eigenvalue weighted by atomic mass is 10.00. The van der Waals surface area contributed by atoms with E-state index in [-0.39, 0.29) is 40.0 Å². The molecular formula is C28H31Cl2FN4O4. The number of hydrogen-bond donors (Lipinski definition) is 1. The maximum absolute atomic E-state index is 14.8. The second-order valence-electron chi connectivity index (χ2n) is 10.8. The first-order valence-electron chi connectivity index (χ1n) is 13.0. The van der Waals surface area contributed by atoms with Crippen molar-refractivity contribution < 1.29 is 23.4 Å². The average Bonchev–Trinajstić information content (AvgIpc) is 3.15. The maximum Gasteiger partial charge on any atom is 0.410 e. The Labute approximate surface area is 236 Å². The SMILES string of the molecule is CCOc1cc2ncnc(Nc3ccc(Cl)c(Cl)c3F)c2cc1OC1C[C@H]2CC[C@@H](C1)N2C(=O)OC(C)(C)C. The molecule has 1 amide bonds. The number of fused-ring (bicyclic) bond motifs is 3. The third-order valence-corrected chi connectivity index (χ3v) is 7.66. The Bertz CT molecular complexity index is 1390. The molecule has 3 heterocycles. The summed E-state index contributed by atoms with van der Waals surface area (Å²) in [6.45, 7) is 7.96. The van der Waals surface area contributed by atoms with Crippen molar-refractivity contribution in [3.05, 3.63) is 46.5 Å². The van der Waals surface area contributed by atoms with Gasteiger partial charge in [-0.25, -0.2) is 19.2 Å². The number of nitrogens with one attached hydrogen (secondary N) is 1. The second-order valence-corrected chi connectivity index (χ2v) is 11.6. The highest BCUT2D eigenvalue weighted by Gasteiger charge is 2.45. The van der Waals surface area contributed by atoms with E-state index >= 15 is 0 Å². The van der Waals surface area contributed by atoms with Crippen molar-refractivity contribution in [1.82, 2.24) is 14.9 Å². The number of amides is 1. The summed E-state index contributed by atoms with van der Waals surface area (Å²) in [6.07, 6.45) is 4.20. The van der Waals surface area contributed by atoms with Crippen LogP contribution < -0.4 is 14.8 Å². The minimum atomic E-state index is -0.675. The molecule has 2 bridgehead atoms. The van der Waals surface area contributed by atoms with Gasteiger partial charge in [-0.15, -0.1) is 0 Å². The zero-order valence-corrected chi connectivity index (χ0v) is 23.8. The van der Waals surface area contributed by atoms with Crippen LogP contribution >= 0.6 is 23.2 Å². The summed E-state index contributed by atoms with van der Waals surface area (Å²) in [5, 5.41) is 3.57. The van der Waals surface area contributed by atoms with Crippen LogP contribution in [0.1, 0.15) is 53.4 Å². The summed E-state index contributed by atoms with van der Waals surface area (Å²) in [5.74, 6) is 0.791. The molecule has 5 rings (SSSR count). The fourth-order valence-electron chi connectivity index (χ4n) is 5.29. The van der Waals surface area contributed by atoms with Crippen molar-refractivity contribution in [2.45, 2.75) is 77.2 Å². The van der Waals surface area contributed by atoms with Gasteiger partial charge in [0.15, 0.2) is 17.3 Å². The van der Waals surface area contributed by atoms with Gasteiger partial charge in [0, 0.05) is 36.4 Å². The van der Waals surface area contributed by atoms with Crippen LogP contribution in [0, 0.1) is 5.82 Å². The van der Waals surface area contributed by atoms with Crippen molar-refractivity contribution in [2.24, 2.45) is 0 Å². The van der Waals surface area contributed by atoms with Crippen LogP contribution in [0.4, 0.5) is 20.7 Å². The smallest absolute Gasteiger partial charge is 0.410 e. The molecule has 8 nitrogen and oxygen atoms in total. The van der Waals surface area contributed by atoms with Gasteiger partial charge >= 0.3 is 6.09 Å². The Hall–Kier alpha value is -3.04. The summed E-state index contributed by atoms with van der Waals surface area (Å²) in [6, 6.07) is 6.71. The van der Waals surface area contributed by atoms with Crippen molar-refractivity contribution in [1.29, 1.82) is 0 Å². The molecule has 2 aromatic carbocycles. The van der Waals surface area contributed by atoms with Crippen molar-refractivity contribution in [3.8, 4) is 11.5 Å². The number of halogens is 3. The van der Waals surface area contributed by atoms with Gasteiger partial charge in [-0.2, -0.15) is 0 Å². The summed E-state index contributed by atoms with van der Waals surface area (Å²) in [7, 11) is 0. The number of ether oxygens (including phenoxy) is 3. The molecule has 208 valence electrons. The number of hydrogen-bond acceptors (Lipinski definition) is 7. The van der Waals surface area contributed by atoms with Gasteiger partial charge in [-0.1, -0.05) is 23.2 Å². The summed E-state index contributed by atoms with van der Waals surface area (Å²) < 4.78 is 32.8. The standard InChI is InChI=1S/C28H31Cl2FN4O4/c1-5-37-22-13-21-18(26(33-14-32-21)34-20-9-8-19(29)24(30)25(20)31)12-23(22)38-17-10-15-6-7-16(11-17)35(15)27(36)39-28(2,3)4/h8-9,12-17H,5-7,10-11H2,1-4H3,(H,32,33,34)/t15-,16+,17?. The molecule has 1 unspecified atom stereocenters. The molecule has 1 N–H and O–H groups in total. The van der Waals surface area contributed by atoms with Crippen LogP contribution in [0.2, 0.25) is 10.0 Å². The third kappa shape index (κ3) is 5.79. The Morgan fingerprint density at radius 2 is 1.85 bits per heavy atom. The van der Waals surface area contributed by atoms with Crippen LogP contribution in [0.3, 0.4) is 0 Å². The van der Waals surface area contributed by atoms with Gasteiger partial charge < -0.3 is 24.4 Å². The number of anilines is 2. The highest BCUT2D eigenvalue weighted by Crippen LogP contribution is 2.41. The van der Waals surface area contributed by atoms with E-state index < -0.39 is 11.4 Å². The Morgan fingerprint density at radius 1 is 1.13 bits per heavy atom. The van der Waals surface area contributed by atoms with Crippen LogP contribution in [-0.2, 0) is 4.74 Å². The third-order valence-electron chi connectivity index (χ3n) is 6.88. The lowest BCUT2D eigenvalue weighted by Crippen LogP contribution is -2.50. The number of piperidine rings is 1. The topological polar surface area (TPSA) is 85.8 Å². The molecule has 3 atom stereocenters. The fraction of sp³-hybridized carbons (Fsp3) is 0.464. The monoisotopic (exact) mass is 576 g/mol. The van der Waals surface area contributed by atoms with Crippen molar-refractivity contribution >= 4 is 51.7 Å². The minimum absolute atomic E-state index is 0.0535. The lowest BCUT2D eigenvalue weighted by molar-refractivity contribution is -0.00740. The van der Waals surface area contributed by atoms with Gasteiger partial charge in [0.25, 0.3) is 0 Å². The molecule has 0 saturated carbocycles. The molecule has 2 aliphatic rings. The molecule has 3 aromatic rings. The van der Waals surface area contributed by atoms with Crippen LogP contribution in [0.5, 0.6) is 11.5 Å². The number of carbonyl (C=O) groups excluding carboxylic acids is 1. The van der Waals surface area contributed by atoms with E-state index in [2.05, 4.69) is 15.3 Å². The highest BCUT2D eigenvalue weighted by atomic mass is 35.5. The van der Waals surface area contributed by atoms with E-state index in [4.69, 9.17) is 37.4 Å². The number of benzene rings is 2. The zero-order valence-electron chi connectivity index (χ0n) is 22.3. The van der Waals surface area contributed by atoms with E-state index in [1.54, 1.807) is 12.1 Å². The largest absolute Gasteiger partial charge is 0.490 e. The van der Waals surface area contributed by atoms with E-state index in [0.29, 0.717) is 47.7 Å². The van der Waals surface area contributed by atoms with Gasteiger partial charge in [-0.05, 0) is 58.7 Å². The first kappa shape index (κ1) is 27.5. The van der Waals surface area contributed by atoms with Crippen LogP contribution in [0.15, 0.2) is 30.6 Å². The maximum atomic E-state index is 14.8. The average molecular weight is 577 g/mol.